The first-order chi connectivity index (χ1) is 14.4. The minimum atomic E-state index is -3.50. The number of unbranched alkanes of at least 4 members (excludes halogenated alkanes) is 1. The van der Waals surface area contributed by atoms with Crippen LogP contribution >= 0.6 is 0 Å². The summed E-state index contributed by atoms with van der Waals surface area (Å²) >= 11 is 0. The van der Waals surface area contributed by atoms with Gasteiger partial charge in [-0.1, -0.05) is 31.5 Å². The minimum absolute atomic E-state index is 0.0438. The SMILES string of the molecule is CCCCNc1cc(C(=O)O)cc(S(=N)(=O)N2CCOCC2)c1Oc1ccccc1. The molecule has 1 unspecified atom stereocenters. The monoisotopic (exact) mass is 433 g/mol. The minimum Gasteiger partial charge on any atom is -0.478 e. The first-order valence-corrected chi connectivity index (χ1v) is 11.4. The van der Waals surface area contributed by atoms with Crippen molar-refractivity contribution in [3.05, 3.63) is 48.0 Å². The number of nitrogens with one attached hydrogen (secondary N) is 2. The van der Waals surface area contributed by atoms with E-state index in [2.05, 4.69) is 12.2 Å². The molecular weight excluding hydrogens is 406 g/mol. The van der Waals surface area contributed by atoms with Crippen molar-refractivity contribution in [3.63, 3.8) is 0 Å². The number of benzene rings is 2. The van der Waals surface area contributed by atoms with Gasteiger partial charge in [-0.3, -0.25) is 0 Å². The van der Waals surface area contributed by atoms with Crippen LogP contribution in [0.1, 0.15) is 30.1 Å². The second-order valence-electron chi connectivity index (χ2n) is 6.92. The number of para-hydroxylation sites is 1. The van der Waals surface area contributed by atoms with Crippen LogP contribution in [0.25, 0.3) is 0 Å². The highest BCUT2D eigenvalue weighted by molar-refractivity contribution is 7.90. The summed E-state index contributed by atoms with van der Waals surface area (Å²) in [5, 5.41) is 12.8. The highest BCUT2D eigenvalue weighted by Crippen LogP contribution is 2.39. The molecule has 0 aliphatic carbocycles. The first-order valence-electron chi connectivity index (χ1n) is 9.93. The lowest BCUT2D eigenvalue weighted by molar-refractivity contribution is 0.0696. The Hall–Kier alpha value is -2.62. The quantitative estimate of drug-likeness (QED) is 0.515. The topological polar surface area (TPSA) is 112 Å². The van der Waals surface area contributed by atoms with Gasteiger partial charge in [-0.25, -0.2) is 18.1 Å². The molecule has 0 radical (unpaired) electrons. The summed E-state index contributed by atoms with van der Waals surface area (Å²) in [5.41, 5.74) is 0.369. The number of morpholine rings is 1. The Labute approximate surface area is 176 Å². The highest BCUT2D eigenvalue weighted by atomic mass is 32.2. The molecule has 0 bridgehead atoms. The van der Waals surface area contributed by atoms with Gasteiger partial charge in [0, 0.05) is 19.6 Å². The summed E-state index contributed by atoms with van der Waals surface area (Å²) in [6.07, 6.45) is 1.83. The largest absolute Gasteiger partial charge is 0.478 e. The van der Waals surface area contributed by atoms with Gasteiger partial charge in [0.2, 0.25) is 0 Å². The van der Waals surface area contributed by atoms with Gasteiger partial charge in [-0.15, -0.1) is 0 Å². The summed E-state index contributed by atoms with van der Waals surface area (Å²) in [5.74, 6) is -0.426. The molecule has 1 atom stereocenters. The molecule has 3 N–H and O–H groups in total. The van der Waals surface area contributed by atoms with E-state index in [0.717, 1.165) is 12.8 Å². The maximum atomic E-state index is 13.6. The van der Waals surface area contributed by atoms with Gasteiger partial charge in [0.25, 0.3) is 0 Å². The summed E-state index contributed by atoms with van der Waals surface area (Å²) in [7, 11) is -3.50. The Kier molecular flexibility index (Phi) is 7.30. The van der Waals surface area contributed by atoms with Gasteiger partial charge >= 0.3 is 5.97 Å². The number of rotatable bonds is 9. The fourth-order valence-corrected chi connectivity index (χ4v) is 4.75. The van der Waals surface area contributed by atoms with E-state index in [9.17, 15) is 14.1 Å². The van der Waals surface area contributed by atoms with Gasteiger partial charge < -0.3 is 19.9 Å². The maximum Gasteiger partial charge on any atom is 0.335 e. The Balaban J connectivity index is 2.14. The predicted molar refractivity (Wildman–Crippen MR) is 115 cm³/mol. The number of carboxylic acid groups (broad SMARTS) is 1. The van der Waals surface area contributed by atoms with E-state index < -0.39 is 15.9 Å². The molecule has 8 nitrogen and oxygen atoms in total. The zero-order chi connectivity index (χ0) is 21.6. The third-order valence-electron chi connectivity index (χ3n) is 4.74. The lowest BCUT2D eigenvalue weighted by Gasteiger charge is -2.29. The van der Waals surface area contributed by atoms with E-state index in [4.69, 9.17) is 14.3 Å². The van der Waals surface area contributed by atoms with Crippen LogP contribution in [0.4, 0.5) is 5.69 Å². The van der Waals surface area contributed by atoms with Crippen LogP contribution in [0.5, 0.6) is 11.5 Å². The second kappa shape index (κ2) is 9.92. The molecule has 1 heterocycles. The van der Waals surface area contributed by atoms with E-state index >= 15 is 0 Å². The van der Waals surface area contributed by atoms with Crippen molar-refractivity contribution in [1.82, 2.24) is 4.31 Å². The van der Waals surface area contributed by atoms with Crippen LogP contribution in [0.15, 0.2) is 47.4 Å². The van der Waals surface area contributed by atoms with E-state index in [0.29, 0.717) is 44.3 Å². The van der Waals surface area contributed by atoms with Crippen molar-refractivity contribution in [2.24, 2.45) is 0 Å². The average molecular weight is 434 g/mol. The predicted octanol–water partition coefficient (Wildman–Crippen LogP) is 4.04. The second-order valence-corrected chi connectivity index (χ2v) is 8.93. The number of hydrogen-bond acceptors (Lipinski definition) is 6. The van der Waals surface area contributed by atoms with Crippen LogP contribution < -0.4 is 10.1 Å². The Morgan fingerprint density at radius 1 is 1.27 bits per heavy atom. The average Bonchev–Trinajstić information content (AvgIpc) is 2.76. The molecule has 1 aliphatic heterocycles. The Morgan fingerprint density at radius 3 is 2.60 bits per heavy atom. The fraction of sp³-hybridized carbons (Fsp3) is 0.381. The van der Waals surface area contributed by atoms with E-state index in [-0.39, 0.29) is 16.2 Å². The van der Waals surface area contributed by atoms with Crippen molar-refractivity contribution < 1.29 is 23.6 Å². The van der Waals surface area contributed by atoms with Gasteiger partial charge in [-0.05, 0) is 30.7 Å². The molecule has 0 saturated carbocycles. The molecule has 2 aromatic carbocycles. The number of hydrogen-bond donors (Lipinski definition) is 3. The smallest absolute Gasteiger partial charge is 0.335 e. The van der Waals surface area contributed by atoms with Crippen molar-refractivity contribution in [3.8, 4) is 11.5 Å². The number of ether oxygens (including phenoxy) is 2. The summed E-state index contributed by atoms with van der Waals surface area (Å²) in [6.45, 7) is 4.03. The molecule has 30 heavy (non-hydrogen) atoms. The third kappa shape index (κ3) is 5.10. The molecule has 0 spiro atoms. The van der Waals surface area contributed by atoms with Crippen LogP contribution in [0.3, 0.4) is 0 Å². The molecule has 1 fully saturated rings. The number of carbonyl (C=O) groups is 1. The van der Waals surface area contributed by atoms with Gasteiger partial charge in [-0.2, -0.15) is 0 Å². The van der Waals surface area contributed by atoms with Gasteiger partial charge in [0.05, 0.1) is 24.5 Å². The van der Waals surface area contributed by atoms with Gasteiger partial charge in [0.15, 0.2) is 5.75 Å². The summed E-state index contributed by atoms with van der Waals surface area (Å²) in [4.78, 5) is 11.8. The zero-order valence-electron chi connectivity index (χ0n) is 16.9. The van der Waals surface area contributed by atoms with Gasteiger partial charge in [0.1, 0.15) is 20.6 Å². The molecule has 162 valence electrons. The highest BCUT2D eigenvalue weighted by Gasteiger charge is 2.29. The molecule has 0 amide bonds. The van der Waals surface area contributed by atoms with E-state index in [1.54, 1.807) is 12.1 Å². The summed E-state index contributed by atoms with van der Waals surface area (Å²) < 4.78 is 35.3. The fourth-order valence-electron chi connectivity index (χ4n) is 3.12. The number of carboxylic acids is 1. The lowest BCUT2D eigenvalue weighted by atomic mass is 10.1. The van der Waals surface area contributed by atoms with Crippen LogP contribution in [0, 0.1) is 4.78 Å². The Bertz CT molecular complexity index is 974. The van der Waals surface area contributed by atoms with Crippen molar-refractivity contribution in [2.45, 2.75) is 24.7 Å². The maximum absolute atomic E-state index is 13.6. The zero-order valence-corrected chi connectivity index (χ0v) is 17.7. The standard InChI is InChI=1S/C21H27N3O5S/c1-2-3-9-23-18-14-16(21(25)26)15-19(20(18)29-17-7-5-4-6-8-17)30(22,27)24-10-12-28-13-11-24/h4-8,14-15,22-23H,2-3,9-13H2,1H3,(H,25,26). The Morgan fingerprint density at radius 2 is 1.97 bits per heavy atom. The van der Waals surface area contributed by atoms with Crippen molar-refractivity contribution >= 4 is 21.6 Å². The molecule has 0 aromatic heterocycles. The lowest BCUT2D eigenvalue weighted by Crippen LogP contribution is -2.40. The number of aromatic carboxylic acids is 1. The molecule has 2 aromatic rings. The van der Waals surface area contributed by atoms with E-state index in [1.807, 2.05) is 18.2 Å². The van der Waals surface area contributed by atoms with Crippen LogP contribution in [-0.4, -0.2) is 52.4 Å². The molecule has 9 heteroatoms. The number of anilines is 1. The molecule has 1 aliphatic rings. The summed E-state index contributed by atoms with van der Waals surface area (Å²) in [6, 6.07) is 11.7. The number of nitrogens with zero attached hydrogens (tertiary/aromatic N) is 1. The van der Waals surface area contributed by atoms with E-state index in [1.165, 1.54) is 16.4 Å². The van der Waals surface area contributed by atoms with Crippen molar-refractivity contribution in [2.75, 3.05) is 38.2 Å². The first kappa shape index (κ1) is 22.1. The third-order valence-corrected chi connectivity index (χ3v) is 6.73. The normalized spacial score (nSPS) is 16.6. The molecule has 1 saturated heterocycles. The van der Waals surface area contributed by atoms with Crippen LogP contribution in [-0.2, 0) is 14.7 Å². The van der Waals surface area contributed by atoms with Crippen molar-refractivity contribution in [1.29, 1.82) is 4.78 Å². The van der Waals surface area contributed by atoms with Crippen LogP contribution in [0.2, 0.25) is 0 Å². The molecular formula is C21H27N3O5S. The molecule has 3 rings (SSSR count).